The number of hydrogen-bond donors (Lipinski definition) is 3. The molecule has 13 heteroatoms. The number of aromatic nitrogens is 1. The van der Waals surface area contributed by atoms with E-state index in [0.717, 1.165) is 0 Å². The van der Waals surface area contributed by atoms with Crippen molar-refractivity contribution in [1.29, 1.82) is 0 Å². The summed E-state index contributed by atoms with van der Waals surface area (Å²) < 4.78 is 40.5. The number of nitrogens with zero attached hydrogens (tertiary/aromatic N) is 4. The van der Waals surface area contributed by atoms with Gasteiger partial charge in [-0.15, -0.1) is 8.78 Å². The number of aliphatic imine (C=N–C) groups is 3. The Morgan fingerprint density at radius 3 is 2.55 bits per heavy atom. The van der Waals surface area contributed by atoms with Gasteiger partial charge >= 0.3 is 12.3 Å². The molecule has 4 rings (SSSR count). The molecule has 0 unspecified atom stereocenters. The van der Waals surface area contributed by atoms with Crippen LogP contribution in [-0.2, 0) is 4.79 Å². The van der Waals surface area contributed by atoms with Gasteiger partial charge in [-0.1, -0.05) is 0 Å². The van der Waals surface area contributed by atoms with Crippen LogP contribution >= 0.6 is 0 Å². The van der Waals surface area contributed by atoms with E-state index in [0.29, 0.717) is 23.1 Å². The highest BCUT2D eigenvalue weighted by Crippen LogP contribution is 2.42. The second kappa shape index (κ2) is 8.00. The van der Waals surface area contributed by atoms with Crippen LogP contribution in [0.5, 0.6) is 17.2 Å². The third-order valence-electron chi connectivity index (χ3n) is 4.47. The third-order valence-corrected chi connectivity index (χ3v) is 4.47. The largest absolute Gasteiger partial charge is 0.586 e. The summed E-state index contributed by atoms with van der Waals surface area (Å²) >= 11 is 0. The normalized spacial score (nSPS) is 18.0. The standard InChI is InChI=1S/C20H19F2N7O4/c1-19(2)16(30)31-12-7-8-14(26-15(12)29-19)27-18(24-4)28-17(23-3)25-10-5-6-11-13(9-10)33-20(21,22)32-11/h5-9H,3H2,1-2,4H3,(H3,24,25,26,27,28,29). The molecule has 0 bridgehead atoms. The second-order valence-corrected chi connectivity index (χ2v) is 7.40. The van der Waals surface area contributed by atoms with Crippen molar-refractivity contribution in [1.82, 2.24) is 4.98 Å². The van der Waals surface area contributed by atoms with E-state index in [-0.39, 0.29) is 23.4 Å². The number of esters is 1. The van der Waals surface area contributed by atoms with Crippen LogP contribution in [0, 0.1) is 0 Å². The number of ether oxygens (including phenoxy) is 3. The zero-order chi connectivity index (χ0) is 23.8. The Kier molecular flexibility index (Phi) is 5.31. The maximum atomic E-state index is 13.2. The number of pyridine rings is 1. The van der Waals surface area contributed by atoms with Gasteiger partial charge < -0.3 is 30.2 Å². The highest BCUT2D eigenvalue weighted by molar-refractivity contribution is 6.07. The number of nitrogens with one attached hydrogen (secondary N) is 3. The molecule has 0 amide bonds. The van der Waals surface area contributed by atoms with Crippen LogP contribution in [0.4, 0.5) is 26.1 Å². The van der Waals surface area contributed by atoms with Crippen LogP contribution in [0.2, 0.25) is 0 Å². The van der Waals surface area contributed by atoms with E-state index in [9.17, 15) is 13.6 Å². The average Bonchev–Trinajstić information content (AvgIpc) is 3.06. The molecule has 1 aromatic heterocycles. The smallest absolute Gasteiger partial charge is 0.421 e. The lowest BCUT2D eigenvalue weighted by Crippen LogP contribution is -2.46. The van der Waals surface area contributed by atoms with Crippen molar-refractivity contribution in [2.75, 3.05) is 23.0 Å². The van der Waals surface area contributed by atoms with Crippen molar-refractivity contribution in [2.24, 2.45) is 15.0 Å². The fourth-order valence-corrected chi connectivity index (χ4v) is 2.87. The van der Waals surface area contributed by atoms with Crippen LogP contribution in [0.25, 0.3) is 0 Å². The first-order valence-corrected chi connectivity index (χ1v) is 9.56. The summed E-state index contributed by atoms with van der Waals surface area (Å²) in [7, 11) is 1.50. The minimum atomic E-state index is -3.72. The van der Waals surface area contributed by atoms with Crippen molar-refractivity contribution in [3.05, 3.63) is 30.3 Å². The van der Waals surface area contributed by atoms with E-state index in [1.54, 1.807) is 26.0 Å². The first kappa shape index (κ1) is 21.9. The molecule has 11 nitrogen and oxygen atoms in total. The zero-order valence-electron chi connectivity index (χ0n) is 17.8. The van der Waals surface area contributed by atoms with Gasteiger partial charge in [0.1, 0.15) is 11.4 Å². The Bertz CT molecular complexity index is 1200. The molecule has 3 N–H and O–H groups in total. The van der Waals surface area contributed by atoms with Crippen LogP contribution in [0.15, 0.2) is 45.3 Å². The van der Waals surface area contributed by atoms with Crippen molar-refractivity contribution in [3.8, 4) is 17.2 Å². The molecule has 172 valence electrons. The van der Waals surface area contributed by atoms with Crippen LogP contribution in [0.1, 0.15) is 13.8 Å². The molecule has 2 aliphatic heterocycles. The Morgan fingerprint density at radius 2 is 1.82 bits per heavy atom. The number of alkyl halides is 2. The number of carbonyl (C=O) groups is 1. The monoisotopic (exact) mass is 459 g/mol. The van der Waals surface area contributed by atoms with E-state index in [4.69, 9.17) is 4.74 Å². The van der Waals surface area contributed by atoms with Gasteiger partial charge in [-0.05, 0) is 44.8 Å². The summed E-state index contributed by atoms with van der Waals surface area (Å²) in [6, 6.07) is 7.28. The first-order valence-electron chi connectivity index (χ1n) is 9.56. The number of anilines is 3. The summed E-state index contributed by atoms with van der Waals surface area (Å²) in [5.41, 5.74) is -0.575. The Labute approximate surface area is 186 Å². The second-order valence-electron chi connectivity index (χ2n) is 7.40. The van der Waals surface area contributed by atoms with Gasteiger partial charge in [-0.2, -0.15) is 4.99 Å². The molecule has 0 atom stereocenters. The third kappa shape index (κ3) is 4.66. The zero-order valence-corrected chi connectivity index (χ0v) is 17.8. The Balaban J connectivity index is 1.50. The van der Waals surface area contributed by atoms with E-state index in [1.165, 1.54) is 25.2 Å². The molecule has 33 heavy (non-hydrogen) atoms. The van der Waals surface area contributed by atoms with Crippen LogP contribution < -0.4 is 30.2 Å². The number of guanidine groups is 2. The molecule has 0 fully saturated rings. The lowest BCUT2D eigenvalue weighted by Gasteiger charge is -2.30. The molecular weight excluding hydrogens is 440 g/mol. The summed E-state index contributed by atoms with van der Waals surface area (Å²) in [6.45, 7) is 6.80. The number of halogens is 2. The molecule has 0 saturated heterocycles. The fraction of sp³-hybridized carbons (Fsp3) is 0.250. The van der Waals surface area contributed by atoms with Gasteiger partial charge in [-0.3, -0.25) is 4.99 Å². The molecule has 1 aromatic carbocycles. The van der Waals surface area contributed by atoms with Crippen LogP contribution in [0.3, 0.4) is 0 Å². The number of rotatable bonds is 2. The topological polar surface area (TPSA) is 131 Å². The maximum absolute atomic E-state index is 13.2. The molecular formula is C20H19F2N7O4. The molecule has 0 radical (unpaired) electrons. The van der Waals surface area contributed by atoms with E-state index >= 15 is 0 Å². The Morgan fingerprint density at radius 1 is 1.09 bits per heavy atom. The molecule has 0 aliphatic carbocycles. The van der Waals surface area contributed by atoms with Gasteiger partial charge in [0.2, 0.25) is 11.9 Å². The van der Waals surface area contributed by atoms with Gasteiger partial charge in [0, 0.05) is 18.8 Å². The van der Waals surface area contributed by atoms with Gasteiger partial charge in [0.05, 0.1) is 0 Å². The summed E-state index contributed by atoms with van der Waals surface area (Å²) in [5.74, 6) is 0.551. The molecule has 0 spiro atoms. The summed E-state index contributed by atoms with van der Waals surface area (Å²) in [6.07, 6.45) is -3.72. The number of hydrogen-bond acceptors (Lipinski definition) is 7. The number of benzene rings is 1. The van der Waals surface area contributed by atoms with Crippen molar-refractivity contribution >= 4 is 41.9 Å². The van der Waals surface area contributed by atoms with Crippen molar-refractivity contribution < 1.29 is 27.8 Å². The highest BCUT2D eigenvalue weighted by Gasteiger charge is 2.43. The molecule has 0 saturated carbocycles. The predicted molar refractivity (Wildman–Crippen MR) is 118 cm³/mol. The SMILES string of the molecule is C=NC(=NC(=NC)Nc1ccc2c(n1)NC(C)(C)C(=O)O2)Nc1ccc2c(c1)OC(F)(F)O2. The molecule has 3 heterocycles. The minimum absolute atomic E-state index is 0.0277. The van der Waals surface area contributed by atoms with Crippen LogP contribution in [-0.4, -0.2) is 48.5 Å². The van der Waals surface area contributed by atoms with E-state index in [1.807, 2.05) is 0 Å². The average molecular weight is 459 g/mol. The maximum Gasteiger partial charge on any atom is 0.586 e. The summed E-state index contributed by atoms with van der Waals surface area (Å²) in [5, 5.41) is 8.76. The molecule has 2 aliphatic rings. The van der Waals surface area contributed by atoms with E-state index < -0.39 is 17.8 Å². The lowest BCUT2D eigenvalue weighted by atomic mass is 10.0. The summed E-state index contributed by atoms with van der Waals surface area (Å²) in [4.78, 5) is 28.4. The number of fused-ring (bicyclic) bond motifs is 2. The first-order chi connectivity index (χ1) is 15.6. The predicted octanol–water partition coefficient (Wildman–Crippen LogP) is 3.08. The highest BCUT2D eigenvalue weighted by atomic mass is 19.3. The van der Waals surface area contributed by atoms with Crippen molar-refractivity contribution in [2.45, 2.75) is 25.7 Å². The van der Waals surface area contributed by atoms with Gasteiger partial charge in [0.25, 0.3) is 0 Å². The van der Waals surface area contributed by atoms with E-state index in [2.05, 4.69) is 52.1 Å². The fourth-order valence-electron chi connectivity index (χ4n) is 2.87. The van der Waals surface area contributed by atoms with Gasteiger partial charge in [-0.25, -0.2) is 14.8 Å². The van der Waals surface area contributed by atoms with Gasteiger partial charge in [0.15, 0.2) is 23.1 Å². The number of carbonyl (C=O) groups excluding carboxylic acids is 1. The minimum Gasteiger partial charge on any atom is -0.421 e. The molecule has 2 aromatic rings. The lowest BCUT2D eigenvalue weighted by molar-refractivity contribution is -0.286. The quantitative estimate of drug-likeness (QED) is 0.355. The Hall–Kier alpha value is -4.29. The van der Waals surface area contributed by atoms with Crippen molar-refractivity contribution in [3.63, 3.8) is 0 Å².